The highest BCUT2D eigenvalue weighted by molar-refractivity contribution is 5.20. The van der Waals surface area contributed by atoms with Crippen molar-refractivity contribution in [2.24, 2.45) is 11.3 Å². The fourth-order valence-corrected chi connectivity index (χ4v) is 3.98. The molecule has 0 radical (unpaired) electrons. The van der Waals surface area contributed by atoms with Gasteiger partial charge < -0.3 is 10.6 Å². The van der Waals surface area contributed by atoms with E-state index in [1.807, 2.05) is 25.3 Å². The highest BCUT2D eigenvalue weighted by atomic mass is 19.4. The van der Waals surface area contributed by atoms with Crippen molar-refractivity contribution in [3.8, 4) is 0 Å². The minimum Gasteiger partial charge on any atom is -0.391 e. The van der Waals surface area contributed by atoms with Crippen molar-refractivity contribution in [1.29, 1.82) is 0 Å². The van der Waals surface area contributed by atoms with Crippen LogP contribution >= 0.6 is 0 Å². The number of allylic oxidation sites excluding steroid dienone is 7. The summed E-state index contributed by atoms with van der Waals surface area (Å²) in [4.78, 5) is 0. The van der Waals surface area contributed by atoms with E-state index in [0.717, 1.165) is 37.7 Å². The third-order valence-electron chi connectivity index (χ3n) is 6.19. The predicted octanol–water partition coefficient (Wildman–Crippen LogP) is 9.55. The van der Waals surface area contributed by atoms with Crippen molar-refractivity contribution in [2.45, 2.75) is 97.8 Å². The number of hydrogen-bond donors (Lipinski definition) is 2. The van der Waals surface area contributed by atoms with Gasteiger partial charge in [-0.3, -0.25) is 0 Å². The lowest BCUT2D eigenvalue weighted by Gasteiger charge is -2.33. The largest absolute Gasteiger partial charge is 0.391 e. The molecule has 0 aromatic rings. The van der Waals surface area contributed by atoms with Crippen LogP contribution in [-0.4, -0.2) is 25.4 Å². The Labute approximate surface area is 220 Å². The SMILES string of the molecule is C=C/C=C\CC(CC)/C(=C\NCCCC(F)(F)F)C(C)(C)CC/C=C\C(=C\NCCCC(F)(F)F)CC. The van der Waals surface area contributed by atoms with E-state index in [2.05, 4.69) is 50.1 Å². The Balaban J connectivity index is 5.18. The molecule has 0 spiro atoms. The summed E-state index contributed by atoms with van der Waals surface area (Å²) in [6.07, 6.45) is 7.76. The highest BCUT2D eigenvalue weighted by Crippen LogP contribution is 2.39. The molecule has 2 N–H and O–H groups in total. The lowest BCUT2D eigenvalue weighted by Crippen LogP contribution is -2.24. The minimum atomic E-state index is -4.15. The zero-order valence-corrected chi connectivity index (χ0v) is 22.9. The van der Waals surface area contributed by atoms with Gasteiger partial charge in [-0.2, -0.15) is 26.3 Å². The quantitative estimate of drug-likeness (QED) is 0.0976. The van der Waals surface area contributed by atoms with Gasteiger partial charge >= 0.3 is 12.4 Å². The zero-order chi connectivity index (χ0) is 28.4. The molecule has 0 amide bonds. The lowest BCUT2D eigenvalue weighted by atomic mass is 9.72. The van der Waals surface area contributed by atoms with Crippen LogP contribution in [0.4, 0.5) is 26.3 Å². The molecule has 0 heterocycles. The summed E-state index contributed by atoms with van der Waals surface area (Å²) in [5.74, 6) is 0.247. The first kappa shape index (κ1) is 34.9. The van der Waals surface area contributed by atoms with Crippen molar-refractivity contribution in [1.82, 2.24) is 10.6 Å². The van der Waals surface area contributed by atoms with Crippen LogP contribution in [0.5, 0.6) is 0 Å². The number of halogens is 6. The van der Waals surface area contributed by atoms with Crippen LogP contribution in [0.2, 0.25) is 0 Å². The average Bonchev–Trinajstić information content (AvgIpc) is 2.79. The van der Waals surface area contributed by atoms with Gasteiger partial charge in [-0.05, 0) is 79.8 Å². The molecule has 214 valence electrons. The van der Waals surface area contributed by atoms with Gasteiger partial charge in [-0.25, -0.2) is 0 Å². The van der Waals surface area contributed by atoms with E-state index in [9.17, 15) is 26.3 Å². The van der Waals surface area contributed by atoms with E-state index in [-0.39, 0.29) is 37.3 Å². The Morgan fingerprint density at radius 3 is 1.89 bits per heavy atom. The third-order valence-corrected chi connectivity index (χ3v) is 6.19. The summed E-state index contributed by atoms with van der Waals surface area (Å²) in [5, 5.41) is 6.08. The van der Waals surface area contributed by atoms with Crippen molar-refractivity contribution >= 4 is 0 Å². The Morgan fingerprint density at radius 2 is 1.41 bits per heavy atom. The monoisotopic (exact) mass is 536 g/mol. The van der Waals surface area contributed by atoms with Crippen LogP contribution < -0.4 is 10.6 Å². The van der Waals surface area contributed by atoms with E-state index >= 15 is 0 Å². The summed E-state index contributed by atoms with van der Waals surface area (Å²) in [7, 11) is 0. The maximum absolute atomic E-state index is 12.5. The smallest absolute Gasteiger partial charge is 0.389 e. The summed E-state index contributed by atoms with van der Waals surface area (Å²) in [6.45, 7) is 12.7. The average molecular weight is 537 g/mol. The van der Waals surface area contributed by atoms with E-state index < -0.39 is 25.2 Å². The van der Waals surface area contributed by atoms with Crippen molar-refractivity contribution in [2.75, 3.05) is 13.1 Å². The van der Waals surface area contributed by atoms with Gasteiger partial charge in [0.25, 0.3) is 0 Å². The molecule has 0 aromatic heterocycles. The first-order valence-electron chi connectivity index (χ1n) is 13.2. The molecule has 0 aliphatic carbocycles. The Bertz CT molecular complexity index is 742. The molecular formula is C29H46F6N2. The molecule has 8 heteroatoms. The third kappa shape index (κ3) is 18.7. The Kier molecular flexibility index (Phi) is 17.1. The van der Waals surface area contributed by atoms with E-state index in [0.29, 0.717) is 0 Å². The summed E-state index contributed by atoms with van der Waals surface area (Å²) in [6, 6.07) is 0. The van der Waals surface area contributed by atoms with Crippen molar-refractivity contribution in [3.05, 3.63) is 60.5 Å². The number of hydrogen-bond acceptors (Lipinski definition) is 2. The number of rotatable bonds is 19. The Hall–Kier alpha value is -2.12. The van der Waals surface area contributed by atoms with Crippen LogP contribution in [0, 0.1) is 11.3 Å². The second-order valence-electron chi connectivity index (χ2n) is 9.85. The molecule has 0 saturated carbocycles. The lowest BCUT2D eigenvalue weighted by molar-refractivity contribution is -0.136. The molecule has 1 unspecified atom stereocenters. The minimum absolute atomic E-state index is 0.0278. The van der Waals surface area contributed by atoms with E-state index in [4.69, 9.17) is 0 Å². The van der Waals surface area contributed by atoms with E-state index in [1.54, 1.807) is 12.3 Å². The van der Waals surface area contributed by atoms with Crippen LogP contribution in [0.1, 0.15) is 85.5 Å². The van der Waals surface area contributed by atoms with Gasteiger partial charge in [-0.15, -0.1) is 0 Å². The van der Waals surface area contributed by atoms with Gasteiger partial charge in [0.1, 0.15) is 0 Å². The van der Waals surface area contributed by atoms with Gasteiger partial charge in [-0.1, -0.05) is 64.7 Å². The molecule has 37 heavy (non-hydrogen) atoms. The maximum Gasteiger partial charge on any atom is 0.389 e. The van der Waals surface area contributed by atoms with Crippen LogP contribution in [-0.2, 0) is 0 Å². The van der Waals surface area contributed by atoms with Crippen molar-refractivity contribution < 1.29 is 26.3 Å². The number of alkyl halides is 6. The second kappa shape index (κ2) is 18.2. The highest BCUT2D eigenvalue weighted by Gasteiger charge is 2.28. The van der Waals surface area contributed by atoms with Crippen molar-refractivity contribution in [3.63, 3.8) is 0 Å². The molecule has 0 aliphatic rings. The number of nitrogens with one attached hydrogen (secondary N) is 2. The van der Waals surface area contributed by atoms with Crippen LogP contribution in [0.3, 0.4) is 0 Å². The molecule has 0 bridgehead atoms. The molecule has 1 atom stereocenters. The van der Waals surface area contributed by atoms with E-state index in [1.165, 1.54) is 5.57 Å². The fourth-order valence-electron chi connectivity index (χ4n) is 3.98. The molecule has 0 aliphatic heterocycles. The maximum atomic E-state index is 12.5. The normalized spacial score (nSPS) is 15.0. The van der Waals surface area contributed by atoms with Crippen LogP contribution in [0.15, 0.2) is 60.5 Å². The van der Waals surface area contributed by atoms with Gasteiger partial charge in [0, 0.05) is 25.9 Å². The Morgan fingerprint density at radius 1 is 0.838 bits per heavy atom. The topological polar surface area (TPSA) is 24.1 Å². The molecular weight excluding hydrogens is 490 g/mol. The molecule has 0 saturated heterocycles. The van der Waals surface area contributed by atoms with Gasteiger partial charge in [0.05, 0.1) is 0 Å². The standard InChI is InChI=1S/C29H46F6N2/c1-6-9-10-16-25(8-3)26(23-37-21-14-19-29(33,34)35)27(4,5)17-12-11-15-24(7-2)22-36-20-13-18-28(30,31)32/h6,9-11,15,22-23,25,36-37H,1,7-8,12-14,16-21H2,2-5H3/b10-9-,15-11-,24-22+,26-23+. The predicted molar refractivity (Wildman–Crippen MR) is 143 cm³/mol. The summed E-state index contributed by atoms with van der Waals surface area (Å²) in [5.41, 5.74) is 2.00. The molecule has 0 aromatic carbocycles. The second-order valence-corrected chi connectivity index (χ2v) is 9.85. The zero-order valence-electron chi connectivity index (χ0n) is 22.9. The summed E-state index contributed by atoms with van der Waals surface area (Å²) >= 11 is 0. The molecule has 0 rings (SSSR count). The fraction of sp³-hybridized carbons (Fsp3) is 0.655. The van der Waals surface area contributed by atoms with Crippen LogP contribution in [0.25, 0.3) is 0 Å². The first-order chi connectivity index (χ1) is 17.3. The summed E-state index contributed by atoms with van der Waals surface area (Å²) < 4.78 is 74.2. The van der Waals surface area contributed by atoms with Gasteiger partial charge in [0.2, 0.25) is 0 Å². The first-order valence-corrected chi connectivity index (χ1v) is 13.2. The molecule has 0 fully saturated rings. The van der Waals surface area contributed by atoms with Gasteiger partial charge in [0.15, 0.2) is 0 Å². The molecule has 2 nitrogen and oxygen atoms in total.